The number of aliphatic hydroxyl groups excluding tert-OH is 1. The molecular weight excluding hydrogens is 356 g/mol. The predicted octanol–water partition coefficient (Wildman–Crippen LogP) is 6.10. The topological polar surface area (TPSA) is 46.0 Å². The lowest BCUT2D eigenvalue weighted by Gasteiger charge is -2.06. The first-order chi connectivity index (χ1) is 14.2. The fraction of sp³-hybridized carbons (Fsp3) is 0.231. The van der Waals surface area contributed by atoms with Crippen LogP contribution < -0.4 is 0 Å². The van der Waals surface area contributed by atoms with Gasteiger partial charge in [-0.15, -0.1) is 6.58 Å². The van der Waals surface area contributed by atoms with Gasteiger partial charge in [0.2, 0.25) is 0 Å². The third kappa shape index (κ3) is 6.23. The van der Waals surface area contributed by atoms with Gasteiger partial charge < -0.3 is 5.11 Å². The van der Waals surface area contributed by atoms with Crippen molar-refractivity contribution in [2.24, 2.45) is 0 Å². The molecule has 1 N–H and O–H groups in total. The van der Waals surface area contributed by atoms with Gasteiger partial charge in [0.25, 0.3) is 0 Å². The molecule has 0 fully saturated rings. The van der Waals surface area contributed by atoms with Crippen molar-refractivity contribution in [1.29, 1.82) is 0 Å². The van der Waals surface area contributed by atoms with Crippen LogP contribution >= 0.6 is 0 Å². The molecule has 0 bridgehead atoms. The second-order valence-corrected chi connectivity index (χ2v) is 7.28. The second-order valence-electron chi connectivity index (χ2n) is 7.28. The Morgan fingerprint density at radius 2 is 1.45 bits per heavy atom. The quantitative estimate of drug-likeness (QED) is 0.358. The fourth-order valence-electron chi connectivity index (χ4n) is 3.15. The molecule has 1 aromatic heterocycles. The Morgan fingerprint density at radius 1 is 0.897 bits per heavy atom. The van der Waals surface area contributed by atoms with E-state index < -0.39 is 0 Å². The summed E-state index contributed by atoms with van der Waals surface area (Å²) in [6.45, 7) is 5.60. The first-order valence-corrected chi connectivity index (χ1v) is 10.1. The molecule has 3 heteroatoms. The maximum absolute atomic E-state index is 9.27. The van der Waals surface area contributed by atoms with Gasteiger partial charge in [0, 0.05) is 18.0 Å². The van der Waals surface area contributed by atoms with Gasteiger partial charge in [-0.3, -0.25) is 0 Å². The Labute approximate surface area is 173 Å². The molecule has 0 radical (unpaired) electrons. The van der Waals surface area contributed by atoms with Crippen molar-refractivity contribution < 1.29 is 5.11 Å². The maximum atomic E-state index is 9.27. The standard InChI is InChI=1S/C26H28N2O/c1-3-7-21-10-12-22(13-11-21)23-14-16-24(17-15-23)25-18-27-26(28-19-25)9-6-4-5-8-20(2)29/h3,6,9-20,29H,1,4-5,7-8H2,2H3. The molecular formula is C26H28N2O. The first-order valence-electron chi connectivity index (χ1n) is 10.1. The maximum Gasteiger partial charge on any atom is 0.151 e. The van der Waals surface area contributed by atoms with Gasteiger partial charge in [-0.2, -0.15) is 0 Å². The molecule has 3 aromatic rings. The van der Waals surface area contributed by atoms with Crippen LogP contribution in [0.3, 0.4) is 0 Å². The Bertz CT molecular complexity index is 924. The number of hydrogen-bond acceptors (Lipinski definition) is 3. The van der Waals surface area contributed by atoms with Crippen molar-refractivity contribution in [2.75, 3.05) is 0 Å². The van der Waals surface area contributed by atoms with Gasteiger partial charge >= 0.3 is 0 Å². The molecule has 1 atom stereocenters. The summed E-state index contributed by atoms with van der Waals surface area (Å²) in [5.74, 6) is 0.710. The Hall–Kier alpha value is -3.04. The minimum absolute atomic E-state index is 0.234. The van der Waals surface area contributed by atoms with Crippen molar-refractivity contribution in [1.82, 2.24) is 9.97 Å². The van der Waals surface area contributed by atoms with Gasteiger partial charge in [0.1, 0.15) is 0 Å². The number of rotatable bonds is 9. The molecule has 0 amide bonds. The largest absolute Gasteiger partial charge is 0.393 e. The van der Waals surface area contributed by atoms with Crippen LogP contribution in [0.2, 0.25) is 0 Å². The van der Waals surface area contributed by atoms with Crippen molar-refractivity contribution in [2.45, 2.75) is 38.7 Å². The van der Waals surface area contributed by atoms with E-state index in [1.54, 1.807) is 0 Å². The number of aliphatic hydroxyl groups is 1. The highest BCUT2D eigenvalue weighted by Gasteiger charge is 2.02. The summed E-state index contributed by atoms with van der Waals surface area (Å²) in [5.41, 5.74) is 5.77. The van der Waals surface area contributed by atoms with E-state index in [9.17, 15) is 5.11 Å². The van der Waals surface area contributed by atoms with Crippen LogP contribution in [0.1, 0.15) is 37.6 Å². The van der Waals surface area contributed by atoms with E-state index in [1.165, 1.54) is 16.7 Å². The molecule has 0 saturated carbocycles. The van der Waals surface area contributed by atoms with Gasteiger partial charge in [0.15, 0.2) is 5.82 Å². The zero-order valence-electron chi connectivity index (χ0n) is 17.0. The summed E-state index contributed by atoms with van der Waals surface area (Å²) in [6, 6.07) is 17.1. The van der Waals surface area contributed by atoms with Crippen molar-refractivity contribution in [3.05, 3.63) is 91.0 Å². The highest BCUT2D eigenvalue weighted by Crippen LogP contribution is 2.24. The highest BCUT2D eigenvalue weighted by molar-refractivity contribution is 5.70. The molecule has 1 unspecified atom stereocenters. The van der Waals surface area contributed by atoms with Gasteiger partial charge in [-0.25, -0.2) is 9.97 Å². The third-order valence-corrected chi connectivity index (χ3v) is 4.82. The summed E-state index contributed by atoms with van der Waals surface area (Å²) in [5, 5.41) is 9.27. The van der Waals surface area contributed by atoms with E-state index >= 15 is 0 Å². The molecule has 0 saturated heterocycles. The van der Waals surface area contributed by atoms with Gasteiger partial charge in [-0.05, 0) is 60.9 Å². The number of nitrogens with zero attached hydrogens (tertiary/aromatic N) is 2. The molecule has 1 heterocycles. The lowest BCUT2D eigenvalue weighted by molar-refractivity contribution is 0.182. The number of unbranched alkanes of at least 4 members (excludes halogenated alkanes) is 1. The normalized spacial score (nSPS) is 12.2. The van der Waals surface area contributed by atoms with Crippen LogP contribution in [0.4, 0.5) is 0 Å². The average molecular weight is 385 g/mol. The molecule has 2 aromatic carbocycles. The lowest BCUT2D eigenvalue weighted by atomic mass is 10.0. The number of allylic oxidation sites excluding steroid dienone is 2. The number of hydrogen-bond donors (Lipinski definition) is 1. The number of aromatic nitrogens is 2. The SMILES string of the molecule is C=CCc1ccc(-c2ccc(-c3cnc(C=CCCCC(C)O)nc3)cc2)cc1. The van der Waals surface area contributed by atoms with E-state index in [-0.39, 0.29) is 6.10 Å². The Balaban J connectivity index is 1.62. The molecule has 0 aliphatic heterocycles. The van der Waals surface area contributed by atoms with E-state index in [0.717, 1.165) is 36.8 Å². The molecule has 3 rings (SSSR count). The molecule has 0 aliphatic carbocycles. The summed E-state index contributed by atoms with van der Waals surface area (Å²) in [6.07, 6.45) is 13.0. The van der Waals surface area contributed by atoms with Crippen LogP contribution in [0.25, 0.3) is 28.3 Å². The van der Waals surface area contributed by atoms with Crippen LogP contribution in [-0.4, -0.2) is 21.2 Å². The van der Waals surface area contributed by atoms with Crippen molar-refractivity contribution in [3.8, 4) is 22.3 Å². The van der Waals surface area contributed by atoms with Crippen LogP contribution in [0.5, 0.6) is 0 Å². The predicted molar refractivity (Wildman–Crippen MR) is 121 cm³/mol. The minimum atomic E-state index is -0.234. The molecule has 0 aliphatic rings. The van der Waals surface area contributed by atoms with Crippen LogP contribution in [-0.2, 0) is 6.42 Å². The van der Waals surface area contributed by atoms with Crippen molar-refractivity contribution in [3.63, 3.8) is 0 Å². The second kappa shape index (κ2) is 10.5. The van der Waals surface area contributed by atoms with E-state index in [2.05, 4.69) is 71.2 Å². The molecule has 148 valence electrons. The summed E-state index contributed by atoms with van der Waals surface area (Å²) >= 11 is 0. The Kier molecular flexibility index (Phi) is 7.48. The highest BCUT2D eigenvalue weighted by atomic mass is 16.3. The van der Waals surface area contributed by atoms with E-state index in [4.69, 9.17) is 0 Å². The Morgan fingerprint density at radius 3 is 2.00 bits per heavy atom. The van der Waals surface area contributed by atoms with Gasteiger partial charge in [0.05, 0.1) is 6.10 Å². The monoisotopic (exact) mass is 384 g/mol. The average Bonchev–Trinajstić information content (AvgIpc) is 2.75. The van der Waals surface area contributed by atoms with Crippen LogP contribution in [0.15, 0.2) is 79.7 Å². The molecule has 0 spiro atoms. The minimum Gasteiger partial charge on any atom is -0.393 e. The fourth-order valence-corrected chi connectivity index (χ4v) is 3.15. The van der Waals surface area contributed by atoms with E-state index in [0.29, 0.717) is 5.82 Å². The number of benzene rings is 2. The van der Waals surface area contributed by atoms with E-state index in [1.807, 2.05) is 31.5 Å². The summed E-state index contributed by atoms with van der Waals surface area (Å²) in [7, 11) is 0. The molecule has 3 nitrogen and oxygen atoms in total. The first kappa shape index (κ1) is 20.7. The summed E-state index contributed by atoms with van der Waals surface area (Å²) < 4.78 is 0. The lowest BCUT2D eigenvalue weighted by Crippen LogP contribution is -1.97. The molecule has 29 heavy (non-hydrogen) atoms. The zero-order chi connectivity index (χ0) is 20.5. The third-order valence-electron chi connectivity index (χ3n) is 4.82. The van der Waals surface area contributed by atoms with Gasteiger partial charge in [-0.1, -0.05) is 60.7 Å². The zero-order valence-corrected chi connectivity index (χ0v) is 17.0. The summed E-state index contributed by atoms with van der Waals surface area (Å²) in [4.78, 5) is 8.88. The van der Waals surface area contributed by atoms with Crippen molar-refractivity contribution >= 4 is 6.08 Å². The smallest absolute Gasteiger partial charge is 0.151 e. The van der Waals surface area contributed by atoms with Crippen LogP contribution in [0, 0.1) is 0 Å².